The number of anilines is 2. The number of amides is 1. The second-order valence-corrected chi connectivity index (χ2v) is 10.8. The Morgan fingerprint density at radius 1 is 0.900 bits per heavy atom. The van der Waals surface area contributed by atoms with E-state index in [1.807, 2.05) is 49.3 Å². The van der Waals surface area contributed by atoms with Crippen LogP contribution in [0.15, 0.2) is 66.7 Å². The molecule has 0 saturated carbocycles. The van der Waals surface area contributed by atoms with Crippen molar-refractivity contribution >= 4 is 23.0 Å². The molecule has 1 heterocycles. The number of hydrogen-bond acceptors (Lipinski definition) is 7. The van der Waals surface area contributed by atoms with Crippen molar-refractivity contribution in [1.82, 2.24) is 9.80 Å². The van der Waals surface area contributed by atoms with E-state index in [0.717, 1.165) is 40.4 Å². The zero-order valence-corrected chi connectivity index (χ0v) is 24.5. The molecular formula is C32H40N4O4. The van der Waals surface area contributed by atoms with Crippen LogP contribution in [0.5, 0.6) is 17.2 Å². The summed E-state index contributed by atoms with van der Waals surface area (Å²) in [6.45, 7) is 6.28. The molecule has 0 saturated heterocycles. The minimum atomic E-state index is -0.406. The number of ether oxygens (including phenoxy) is 3. The molecule has 8 nitrogen and oxygen atoms in total. The SMILES string of the molecule is COc1ccccc1NCC1=CC(C)(C)Nc2ccc(-c3ccc(OC(=O)N(C)CCN(C)C)cc3OC)cc21. The molecule has 0 bridgehead atoms. The van der Waals surface area contributed by atoms with Gasteiger partial charge in [0.2, 0.25) is 0 Å². The van der Waals surface area contributed by atoms with Gasteiger partial charge in [0.05, 0.1) is 25.4 Å². The Bertz CT molecular complexity index is 1380. The molecule has 1 aliphatic heterocycles. The average Bonchev–Trinajstić information content (AvgIpc) is 2.93. The number of likely N-dealkylation sites (N-methyl/N-ethyl adjacent to an activating group) is 2. The first-order valence-electron chi connectivity index (χ1n) is 13.4. The molecule has 2 N–H and O–H groups in total. The van der Waals surface area contributed by atoms with Crippen LogP contribution < -0.4 is 24.8 Å². The Hall–Kier alpha value is -4.17. The van der Waals surface area contributed by atoms with Gasteiger partial charge < -0.3 is 34.6 Å². The third-order valence-corrected chi connectivity index (χ3v) is 6.82. The third kappa shape index (κ3) is 6.87. The average molecular weight is 545 g/mol. The standard InChI is InChI=1S/C32H40N4O4/c1-32(2)20-23(21-33-28-10-8-9-11-29(28)38-6)26-18-22(12-15-27(26)34-32)25-14-13-24(19-30(25)39-7)40-31(37)36(5)17-16-35(3)4/h8-15,18-20,33-34H,16-17,21H2,1-7H3. The van der Waals surface area contributed by atoms with Crippen molar-refractivity contribution in [3.63, 3.8) is 0 Å². The minimum absolute atomic E-state index is 0.199. The summed E-state index contributed by atoms with van der Waals surface area (Å²) >= 11 is 0. The highest BCUT2D eigenvalue weighted by molar-refractivity contribution is 5.87. The van der Waals surface area contributed by atoms with E-state index in [0.29, 0.717) is 24.6 Å². The van der Waals surface area contributed by atoms with Crippen LogP contribution in [0.1, 0.15) is 19.4 Å². The maximum absolute atomic E-state index is 12.6. The lowest BCUT2D eigenvalue weighted by Crippen LogP contribution is -2.35. The lowest BCUT2D eigenvalue weighted by atomic mass is 9.88. The minimum Gasteiger partial charge on any atom is -0.496 e. The van der Waals surface area contributed by atoms with E-state index in [4.69, 9.17) is 14.2 Å². The molecule has 0 unspecified atom stereocenters. The topological polar surface area (TPSA) is 75.3 Å². The molecule has 3 aromatic rings. The highest BCUT2D eigenvalue weighted by Gasteiger charge is 2.25. The quantitative estimate of drug-likeness (QED) is 0.321. The smallest absolute Gasteiger partial charge is 0.415 e. The van der Waals surface area contributed by atoms with Crippen LogP contribution in [-0.2, 0) is 0 Å². The highest BCUT2D eigenvalue weighted by Crippen LogP contribution is 2.40. The Labute approximate surface area is 237 Å². The van der Waals surface area contributed by atoms with Gasteiger partial charge in [-0.25, -0.2) is 4.79 Å². The molecular weight excluding hydrogens is 504 g/mol. The van der Waals surface area contributed by atoms with Crippen LogP contribution in [0, 0.1) is 0 Å². The number of para-hydroxylation sites is 2. The molecule has 212 valence electrons. The lowest BCUT2D eigenvalue weighted by Gasteiger charge is -2.33. The summed E-state index contributed by atoms with van der Waals surface area (Å²) in [6.07, 6.45) is 1.85. The van der Waals surface area contributed by atoms with E-state index in [-0.39, 0.29) is 5.54 Å². The number of nitrogens with zero attached hydrogens (tertiary/aromatic N) is 2. The van der Waals surface area contributed by atoms with Gasteiger partial charge in [0, 0.05) is 49.6 Å². The second kappa shape index (κ2) is 12.3. The van der Waals surface area contributed by atoms with Crippen molar-refractivity contribution < 1.29 is 19.0 Å². The van der Waals surface area contributed by atoms with Gasteiger partial charge in [0.25, 0.3) is 0 Å². The monoisotopic (exact) mass is 544 g/mol. The van der Waals surface area contributed by atoms with Crippen LogP contribution >= 0.6 is 0 Å². The first kappa shape index (κ1) is 28.8. The van der Waals surface area contributed by atoms with Crippen molar-refractivity contribution in [3.05, 3.63) is 72.3 Å². The summed E-state index contributed by atoms with van der Waals surface area (Å²) < 4.78 is 16.9. The van der Waals surface area contributed by atoms with Gasteiger partial charge in [-0.2, -0.15) is 0 Å². The normalized spacial score (nSPS) is 13.6. The molecule has 4 rings (SSSR count). The number of hydrogen-bond donors (Lipinski definition) is 2. The maximum Gasteiger partial charge on any atom is 0.415 e. The molecule has 0 aromatic heterocycles. The summed E-state index contributed by atoms with van der Waals surface area (Å²) in [7, 11) is 8.97. The van der Waals surface area contributed by atoms with Crippen molar-refractivity contribution in [2.24, 2.45) is 0 Å². The number of rotatable bonds is 10. The Balaban J connectivity index is 1.59. The summed E-state index contributed by atoms with van der Waals surface area (Å²) in [5, 5.41) is 7.17. The Morgan fingerprint density at radius 3 is 2.38 bits per heavy atom. The number of carbonyl (C=O) groups excluding carboxylic acids is 1. The molecule has 1 amide bonds. The number of carbonyl (C=O) groups is 1. The molecule has 0 radical (unpaired) electrons. The van der Waals surface area contributed by atoms with Gasteiger partial charge in [-0.3, -0.25) is 0 Å². The number of methoxy groups -OCH3 is 2. The van der Waals surface area contributed by atoms with Crippen molar-refractivity contribution in [2.45, 2.75) is 19.4 Å². The van der Waals surface area contributed by atoms with E-state index >= 15 is 0 Å². The van der Waals surface area contributed by atoms with Crippen LogP contribution in [-0.4, -0.2) is 76.4 Å². The first-order chi connectivity index (χ1) is 19.1. The summed E-state index contributed by atoms with van der Waals surface area (Å²) in [5.41, 5.74) is 6.01. The second-order valence-electron chi connectivity index (χ2n) is 10.8. The fourth-order valence-corrected chi connectivity index (χ4v) is 4.70. The van der Waals surface area contributed by atoms with Gasteiger partial charge in [-0.1, -0.05) is 24.3 Å². The summed E-state index contributed by atoms with van der Waals surface area (Å²) in [4.78, 5) is 16.1. The molecule has 3 aromatic carbocycles. The van der Waals surface area contributed by atoms with E-state index in [9.17, 15) is 4.79 Å². The molecule has 0 atom stereocenters. The van der Waals surface area contributed by atoms with Gasteiger partial charge in [0.1, 0.15) is 17.2 Å². The zero-order chi connectivity index (χ0) is 28.9. The predicted molar refractivity (Wildman–Crippen MR) is 163 cm³/mol. The Morgan fingerprint density at radius 2 is 1.65 bits per heavy atom. The number of nitrogens with one attached hydrogen (secondary N) is 2. The van der Waals surface area contributed by atoms with Crippen molar-refractivity contribution in [3.8, 4) is 28.4 Å². The van der Waals surface area contributed by atoms with Gasteiger partial charge >= 0.3 is 6.09 Å². The molecule has 1 aliphatic rings. The van der Waals surface area contributed by atoms with Crippen LogP contribution in [0.2, 0.25) is 0 Å². The van der Waals surface area contributed by atoms with E-state index < -0.39 is 6.09 Å². The lowest BCUT2D eigenvalue weighted by molar-refractivity contribution is 0.159. The van der Waals surface area contributed by atoms with Crippen LogP contribution in [0.25, 0.3) is 16.7 Å². The number of benzene rings is 3. The zero-order valence-electron chi connectivity index (χ0n) is 24.5. The fourth-order valence-electron chi connectivity index (χ4n) is 4.70. The maximum atomic E-state index is 12.6. The van der Waals surface area contributed by atoms with Crippen molar-refractivity contribution in [1.29, 1.82) is 0 Å². The summed E-state index contributed by atoms with van der Waals surface area (Å²) in [6, 6.07) is 19.8. The van der Waals surface area contributed by atoms with Crippen LogP contribution in [0.3, 0.4) is 0 Å². The largest absolute Gasteiger partial charge is 0.496 e. The summed E-state index contributed by atoms with van der Waals surface area (Å²) in [5.74, 6) is 1.87. The third-order valence-electron chi connectivity index (χ3n) is 6.82. The van der Waals surface area contributed by atoms with Gasteiger partial charge in [-0.05, 0) is 75.5 Å². The molecule has 0 spiro atoms. The number of fused-ring (bicyclic) bond motifs is 1. The van der Waals surface area contributed by atoms with E-state index in [1.165, 1.54) is 5.57 Å². The van der Waals surface area contributed by atoms with Crippen molar-refractivity contribution in [2.75, 3.05) is 65.6 Å². The molecule has 8 heteroatoms. The molecule has 0 fully saturated rings. The molecule has 0 aliphatic carbocycles. The predicted octanol–water partition coefficient (Wildman–Crippen LogP) is 6.06. The first-order valence-corrected chi connectivity index (χ1v) is 13.4. The fraction of sp³-hybridized carbons (Fsp3) is 0.344. The van der Waals surface area contributed by atoms with Gasteiger partial charge in [-0.15, -0.1) is 0 Å². The van der Waals surface area contributed by atoms with Gasteiger partial charge in [0.15, 0.2) is 0 Å². The van der Waals surface area contributed by atoms with Crippen LogP contribution in [0.4, 0.5) is 16.2 Å². The van der Waals surface area contributed by atoms with E-state index in [1.54, 1.807) is 38.3 Å². The highest BCUT2D eigenvalue weighted by atomic mass is 16.6. The Kier molecular flexibility index (Phi) is 8.90. The van der Waals surface area contributed by atoms with E-state index in [2.05, 4.69) is 48.8 Å². The molecule has 40 heavy (non-hydrogen) atoms.